The summed E-state index contributed by atoms with van der Waals surface area (Å²) in [4.78, 5) is 13.9. The molecule has 23 heavy (non-hydrogen) atoms. The Hall–Kier alpha value is -1.76. The number of nitrogens with zero attached hydrogens (tertiary/aromatic N) is 1. The highest BCUT2D eigenvalue weighted by atomic mass is 19.4. The molecular formula is C16H20F3N3O. The van der Waals surface area contributed by atoms with Crippen molar-refractivity contribution in [2.24, 2.45) is 0 Å². The third kappa shape index (κ3) is 3.44. The van der Waals surface area contributed by atoms with Gasteiger partial charge in [0.1, 0.15) is 0 Å². The molecule has 3 rings (SSSR count). The van der Waals surface area contributed by atoms with Gasteiger partial charge in [0, 0.05) is 25.2 Å². The van der Waals surface area contributed by atoms with Crippen molar-refractivity contribution in [2.75, 3.05) is 12.4 Å². The first-order chi connectivity index (χ1) is 10.8. The van der Waals surface area contributed by atoms with E-state index in [-0.39, 0.29) is 11.7 Å². The largest absolute Gasteiger partial charge is 0.418 e. The van der Waals surface area contributed by atoms with Crippen molar-refractivity contribution in [3.05, 3.63) is 29.8 Å². The maximum Gasteiger partial charge on any atom is 0.418 e. The zero-order chi connectivity index (χ0) is 16.6. The number of alkyl halides is 3. The minimum absolute atomic E-state index is 0.0619. The number of hydrogen-bond donors (Lipinski definition) is 2. The highest BCUT2D eigenvalue weighted by molar-refractivity contribution is 5.90. The SMILES string of the molecule is CN(C(=O)Nc1ccccc1C(F)(F)F)C1CC2CCC(C1)N2. The number of rotatable bonds is 2. The summed E-state index contributed by atoms with van der Waals surface area (Å²) >= 11 is 0. The molecule has 4 nitrogen and oxygen atoms in total. The minimum Gasteiger partial charge on any atom is -0.324 e. The van der Waals surface area contributed by atoms with Crippen molar-refractivity contribution in [1.29, 1.82) is 0 Å². The third-order valence-electron chi connectivity index (χ3n) is 4.79. The number of nitrogens with one attached hydrogen (secondary N) is 2. The van der Waals surface area contributed by atoms with E-state index in [2.05, 4.69) is 10.6 Å². The lowest BCUT2D eigenvalue weighted by atomic mass is 9.99. The molecule has 2 aliphatic rings. The number of benzene rings is 1. The average molecular weight is 327 g/mol. The van der Waals surface area contributed by atoms with E-state index in [9.17, 15) is 18.0 Å². The molecule has 2 unspecified atom stereocenters. The summed E-state index contributed by atoms with van der Waals surface area (Å²) in [5.74, 6) is 0. The predicted octanol–water partition coefficient (Wildman–Crippen LogP) is 3.45. The lowest BCUT2D eigenvalue weighted by Gasteiger charge is -2.35. The van der Waals surface area contributed by atoms with E-state index in [0.717, 1.165) is 31.7 Å². The second-order valence-corrected chi connectivity index (χ2v) is 6.35. The van der Waals surface area contributed by atoms with Gasteiger partial charge < -0.3 is 15.5 Å². The van der Waals surface area contributed by atoms with E-state index in [1.165, 1.54) is 18.2 Å². The van der Waals surface area contributed by atoms with Gasteiger partial charge in [0.25, 0.3) is 0 Å². The molecule has 2 bridgehead atoms. The molecule has 2 fully saturated rings. The van der Waals surface area contributed by atoms with Gasteiger partial charge in [-0.05, 0) is 37.8 Å². The maximum absolute atomic E-state index is 13.0. The average Bonchev–Trinajstić information content (AvgIpc) is 2.84. The zero-order valence-electron chi connectivity index (χ0n) is 12.9. The number of piperidine rings is 1. The second kappa shape index (κ2) is 6.03. The van der Waals surface area contributed by atoms with Gasteiger partial charge in [-0.3, -0.25) is 0 Å². The molecule has 0 aromatic heterocycles. The summed E-state index contributed by atoms with van der Waals surface area (Å²) in [7, 11) is 1.65. The highest BCUT2D eigenvalue weighted by Crippen LogP contribution is 2.35. The highest BCUT2D eigenvalue weighted by Gasteiger charge is 2.37. The Morgan fingerprint density at radius 2 is 1.83 bits per heavy atom. The summed E-state index contributed by atoms with van der Waals surface area (Å²) < 4.78 is 39.0. The molecule has 1 aromatic rings. The van der Waals surface area contributed by atoms with Gasteiger partial charge >= 0.3 is 12.2 Å². The van der Waals surface area contributed by atoms with Crippen LogP contribution in [0.5, 0.6) is 0 Å². The number of para-hydroxylation sites is 1. The quantitative estimate of drug-likeness (QED) is 0.874. The van der Waals surface area contributed by atoms with Crippen LogP contribution in [0.25, 0.3) is 0 Å². The molecule has 2 atom stereocenters. The zero-order valence-corrected chi connectivity index (χ0v) is 12.9. The third-order valence-corrected chi connectivity index (χ3v) is 4.79. The number of amides is 2. The van der Waals surface area contributed by atoms with Crippen molar-refractivity contribution in [3.8, 4) is 0 Å². The number of fused-ring (bicyclic) bond motifs is 2. The molecule has 0 spiro atoms. The number of hydrogen-bond acceptors (Lipinski definition) is 2. The Labute approximate surface area is 133 Å². The van der Waals surface area contributed by atoms with E-state index >= 15 is 0 Å². The van der Waals surface area contributed by atoms with Crippen LogP contribution in [0.2, 0.25) is 0 Å². The Morgan fingerprint density at radius 3 is 2.43 bits per heavy atom. The lowest BCUT2D eigenvalue weighted by molar-refractivity contribution is -0.136. The number of carbonyl (C=O) groups excluding carboxylic acids is 1. The van der Waals surface area contributed by atoms with Crippen molar-refractivity contribution in [1.82, 2.24) is 10.2 Å². The molecule has 2 aliphatic heterocycles. The second-order valence-electron chi connectivity index (χ2n) is 6.35. The van der Waals surface area contributed by atoms with Gasteiger partial charge in [0.15, 0.2) is 0 Å². The first-order valence-corrected chi connectivity index (χ1v) is 7.80. The standard InChI is InChI=1S/C16H20F3N3O/c1-22(12-8-10-6-7-11(9-12)20-10)15(23)21-14-5-3-2-4-13(14)16(17,18)19/h2-5,10-12,20H,6-9H2,1H3,(H,21,23). The van der Waals surface area contributed by atoms with Gasteiger partial charge in [-0.2, -0.15) is 13.2 Å². The van der Waals surface area contributed by atoms with E-state index in [1.54, 1.807) is 11.9 Å². The van der Waals surface area contributed by atoms with Crippen LogP contribution < -0.4 is 10.6 Å². The maximum atomic E-state index is 13.0. The first-order valence-electron chi connectivity index (χ1n) is 7.80. The van der Waals surface area contributed by atoms with Crippen LogP contribution in [0.3, 0.4) is 0 Å². The van der Waals surface area contributed by atoms with Crippen LogP contribution >= 0.6 is 0 Å². The number of urea groups is 1. The molecule has 2 N–H and O–H groups in total. The molecule has 0 radical (unpaired) electrons. The van der Waals surface area contributed by atoms with Crippen molar-refractivity contribution in [3.63, 3.8) is 0 Å². The molecular weight excluding hydrogens is 307 g/mol. The van der Waals surface area contributed by atoms with Crippen LogP contribution in [0.15, 0.2) is 24.3 Å². The van der Waals surface area contributed by atoms with Crippen molar-refractivity contribution < 1.29 is 18.0 Å². The van der Waals surface area contributed by atoms with Gasteiger partial charge in [-0.1, -0.05) is 12.1 Å². The minimum atomic E-state index is -4.49. The fourth-order valence-corrected chi connectivity index (χ4v) is 3.55. The van der Waals surface area contributed by atoms with E-state index < -0.39 is 17.8 Å². The Kier molecular flexibility index (Phi) is 4.23. The normalized spacial score (nSPS) is 26.9. The molecule has 2 amide bonds. The molecule has 2 saturated heterocycles. The summed E-state index contributed by atoms with van der Waals surface area (Å²) in [5.41, 5.74) is -1.03. The monoisotopic (exact) mass is 327 g/mol. The molecule has 2 heterocycles. The number of halogens is 3. The van der Waals surface area contributed by atoms with Crippen LogP contribution in [0.1, 0.15) is 31.2 Å². The summed E-state index contributed by atoms with van der Waals surface area (Å²) in [5, 5.41) is 5.90. The lowest BCUT2D eigenvalue weighted by Crippen LogP contribution is -2.49. The molecule has 0 aliphatic carbocycles. The smallest absolute Gasteiger partial charge is 0.324 e. The number of carbonyl (C=O) groups is 1. The molecule has 1 aromatic carbocycles. The summed E-state index contributed by atoms with van der Waals surface area (Å²) in [6.45, 7) is 0. The van der Waals surface area contributed by atoms with Crippen molar-refractivity contribution >= 4 is 11.7 Å². The first kappa shape index (κ1) is 16.1. The van der Waals surface area contributed by atoms with E-state index in [1.807, 2.05) is 0 Å². The van der Waals surface area contributed by atoms with E-state index in [4.69, 9.17) is 0 Å². The summed E-state index contributed by atoms with van der Waals surface area (Å²) in [6.07, 6.45) is -0.583. The Bertz CT molecular complexity index is 578. The Balaban J connectivity index is 1.70. The van der Waals surface area contributed by atoms with Crippen molar-refractivity contribution in [2.45, 2.75) is 50.0 Å². The van der Waals surface area contributed by atoms with E-state index in [0.29, 0.717) is 12.1 Å². The van der Waals surface area contributed by atoms with Gasteiger partial charge in [0.2, 0.25) is 0 Å². The number of anilines is 1. The van der Waals surface area contributed by atoms with Gasteiger partial charge in [0.05, 0.1) is 11.3 Å². The molecule has 0 saturated carbocycles. The molecule has 126 valence electrons. The topological polar surface area (TPSA) is 44.4 Å². The van der Waals surface area contributed by atoms with Crippen LogP contribution in [-0.4, -0.2) is 36.1 Å². The fraction of sp³-hybridized carbons (Fsp3) is 0.562. The van der Waals surface area contributed by atoms with Crippen LogP contribution in [-0.2, 0) is 6.18 Å². The predicted molar refractivity (Wildman–Crippen MR) is 81.2 cm³/mol. The Morgan fingerprint density at radius 1 is 1.22 bits per heavy atom. The van der Waals surface area contributed by atoms with Crippen LogP contribution in [0, 0.1) is 0 Å². The molecule has 7 heteroatoms. The van der Waals surface area contributed by atoms with Gasteiger partial charge in [-0.25, -0.2) is 4.79 Å². The van der Waals surface area contributed by atoms with Crippen LogP contribution in [0.4, 0.5) is 23.7 Å². The fourth-order valence-electron chi connectivity index (χ4n) is 3.55. The summed E-state index contributed by atoms with van der Waals surface area (Å²) in [6, 6.07) is 5.44. The van der Waals surface area contributed by atoms with Gasteiger partial charge in [-0.15, -0.1) is 0 Å².